The van der Waals surface area contributed by atoms with Crippen molar-refractivity contribution in [2.24, 2.45) is 11.5 Å². The van der Waals surface area contributed by atoms with E-state index in [1.807, 2.05) is 12.1 Å². The van der Waals surface area contributed by atoms with Crippen molar-refractivity contribution in [2.45, 2.75) is 31.7 Å². The minimum absolute atomic E-state index is 0.0311. The van der Waals surface area contributed by atoms with Crippen LogP contribution in [0.4, 0.5) is 0 Å². The van der Waals surface area contributed by atoms with Crippen LogP contribution in [0.3, 0.4) is 0 Å². The SMILES string of the molecule is NCc1c(C(N)=O)c(=O)[nH]c2cc(C3CCC3)ccc12. The summed E-state index contributed by atoms with van der Waals surface area (Å²) in [6.07, 6.45) is 3.64. The highest BCUT2D eigenvalue weighted by atomic mass is 16.2. The molecule has 20 heavy (non-hydrogen) atoms. The number of carbonyl (C=O) groups is 1. The summed E-state index contributed by atoms with van der Waals surface area (Å²) >= 11 is 0. The van der Waals surface area contributed by atoms with Crippen molar-refractivity contribution in [2.75, 3.05) is 0 Å². The van der Waals surface area contributed by atoms with E-state index in [2.05, 4.69) is 11.1 Å². The van der Waals surface area contributed by atoms with Crippen molar-refractivity contribution < 1.29 is 4.79 Å². The molecule has 1 aliphatic carbocycles. The minimum Gasteiger partial charge on any atom is -0.365 e. The zero-order valence-electron chi connectivity index (χ0n) is 11.1. The summed E-state index contributed by atoms with van der Waals surface area (Å²) in [6.45, 7) is 0.113. The van der Waals surface area contributed by atoms with E-state index in [9.17, 15) is 9.59 Å². The van der Waals surface area contributed by atoms with Gasteiger partial charge < -0.3 is 16.5 Å². The van der Waals surface area contributed by atoms with E-state index in [4.69, 9.17) is 11.5 Å². The van der Waals surface area contributed by atoms with Crippen LogP contribution in [-0.4, -0.2) is 10.9 Å². The predicted molar refractivity (Wildman–Crippen MR) is 77.6 cm³/mol. The average Bonchev–Trinajstić information content (AvgIpc) is 2.34. The van der Waals surface area contributed by atoms with Gasteiger partial charge in [-0.3, -0.25) is 9.59 Å². The number of H-pyrrole nitrogens is 1. The second-order valence-electron chi connectivity index (χ2n) is 5.31. The molecule has 1 fully saturated rings. The number of hydrogen-bond acceptors (Lipinski definition) is 3. The number of rotatable bonds is 3. The lowest BCUT2D eigenvalue weighted by molar-refractivity contribution is 0.0998. The zero-order chi connectivity index (χ0) is 14.3. The van der Waals surface area contributed by atoms with Gasteiger partial charge in [0.25, 0.3) is 11.5 Å². The second kappa shape index (κ2) is 4.76. The molecule has 0 atom stereocenters. The average molecular weight is 271 g/mol. The topological polar surface area (TPSA) is 102 Å². The van der Waals surface area contributed by atoms with Gasteiger partial charge in [0.1, 0.15) is 5.56 Å². The summed E-state index contributed by atoms with van der Waals surface area (Å²) in [5.74, 6) is -0.156. The van der Waals surface area contributed by atoms with Crippen molar-refractivity contribution in [3.63, 3.8) is 0 Å². The molecule has 0 unspecified atom stereocenters. The summed E-state index contributed by atoms with van der Waals surface area (Å²) < 4.78 is 0. The van der Waals surface area contributed by atoms with Crippen LogP contribution < -0.4 is 17.0 Å². The van der Waals surface area contributed by atoms with Gasteiger partial charge >= 0.3 is 0 Å². The maximum absolute atomic E-state index is 12.0. The van der Waals surface area contributed by atoms with Gasteiger partial charge in [0, 0.05) is 17.4 Å². The maximum atomic E-state index is 12.0. The van der Waals surface area contributed by atoms with E-state index in [0.717, 1.165) is 10.9 Å². The van der Waals surface area contributed by atoms with Crippen LogP contribution in [0.15, 0.2) is 23.0 Å². The van der Waals surface area contributed by atoms with E-state index in [1.165, 1.54) is 24.8 Å². The lowest BCUT2D eigenvalue weighted by Gasteiger charge is -2.26. The number of pyridine rings is 1. The number of primary amides is 1. The zero-order valence-corrected chi connectivity index (χ0v) is 11.1. The molecule has 3 rings (SSSR count). The molecule has 0 bridgehead atoms. The first-order valence-corrected chi connectivity index (χ1v) is 6.80. The molecule has 0 spiro atoms. The Hall–Kier alpha value is -2.14. The Kier molecular flexibility index (Phi) is 3.06. The van der Waals surface area contributed by atoms with Crippen LogP contribution in [0.1, 0.15) is 46.7 Å². The van der Waals surface area contributed by atoms with Gasteiger partial charge in [0.15, 0.2) is 0 Å². The largest absolute Gasteiger partial charge is 0.365 e. The number of amides is 1. The van der Waals surface area contributed by atoms with Gasteiger partial charge in [-0.2, -0.15) is 0 Å². The van der Waals surface area contributed by atoms with Crippen LogP contribution in [0.25, 0.3) is 10.9 Å². The number of fused-ring (bicyclic) bond motifs is 1. The highest BCUT2D eigenvalue weighted by molar-refractivity contribution is 5.99. The van der Waals surface area contributed by atoms with E-state index in [1.54, 1.807) is 0 Å². The van der Waals surface area contributed by atoms with Crippen molar-refractivity contribution in [3.8, 4) is 0 Å². The molecule has 1 amide bonds. The molecule has 2 aromatic rings. The van der Waals surface area contributed by atoms with Crippen LogP contribution >= 0.6 is 0 Å². The number of aromatic amines is 1. The lowest BCUT2D eigenvalue weighted by atomic mass is 9.79. The maximum Gasteiger partial charge on any atom is 0.261 e. The normalized spacial score (nSPS) is 15.2. The lowest BCUT2D eigenvalue weighted by Crippen LogP contribution is -2.27. The van der Waals surface area contributed by atoms with Crippen LogP contribution in [0.2, 0.25) is 0 Å². The van der Waals surface area contributed by atoms with Crippen molar-refractivity contribution in [3.05, 3.63) is 45.2 Å². The van der Waals surface area contributed by atoms with Gasteiger partial charge in [-0.25, -0.2) is 0 Å². The molecule has 0 aliphatic heterocycles. The fraction of sp³-hybridized carbons (Fsp3) is 0.333. The molecular weight excluding hydrogens is 254 g/mol. The van der Waals surface area contributed by atoms with Crippen LogP contribution in [-0.2, 0) is 6.54 Å². The molecule has 1 heterocycles. The van der Waals surface area contributed by atoms with Crippen molar-refractivity contribution >= 4 is 16.8 Å². The van der Waals surface area contributed by atoms with Crippen molar-refractivity contribution in [1.29, 1.82) is 0 Å². The number of nitrogens with one attached hydrogen (secondary N) is 1. The number of aromatic nitrogens is 1. The molecule has 1 aromatic heterocycles. The Morgan fingerprint density at radius 2 is 2.10 bits per heavy atom. The molecule has 5 N–H and O–H groups in total. The summed E-state index contributed by atoms with van der Waals surface area (Å²) in [4.78, 5) is 26.2. The fourth-order valence-electron chi connectivity index (χ4n) is 2.85. The fourth-order valence-corrected chi connectivity index (χ4v) is 2.85. The third kappa shape index (κ3) is 1.91. The first-order valence-electron chi connectivity index (χ1n) is 6.80. The van der Waals surface area contributed by atoms with Gasteiger partial charge in [-0.05, 0) is 36.0 Å². The Balaban J connectivity index is 2.25. The summed E-state index contributed by atoms with van der Waals surface area (Å²) in [7, 11) is 0. The van der Waals surface area contributed by atoms with E-state index in [0.29, 0.717) is 11.5 Å². The molecule has 0 saturated heterocycles. The number of hydrogen-bond donors (Lipinski definition) is 3. The molecule has 1 aromatic carbocycles. The van der Waals surface area contributed by atoms with Gasteiger partial charge in [-0.1, -0.05) is 18.6 Å². The Morgan fingerprint density at radius 3 is 2.65 bits per heavy atom. The van der Waals surface area contributed by atoms with E-state index >= 15 is 0 Å². The monoisotopic (exact) mass is 271 g/mol. The summed E-state index contributed by atoms with van der Waals surface area (Å²) in [6, 6.07) is 5.96. The number of benzene rings is 1. The third-order valence-corrected chi connectivity index (χ3v) is 4.17. The quantitative estimate of drug-likeness (QED) is 0.785. The van der Waals surface area contributed by atoms with Gasteiger partial charge in [-0.15, -0.1) is 0 Å². The standard InChI is InChI=1S/C15H17N3O2/c16-7-11-10-5-4-9(8-2-1-3-8)6-12(10)18-15(20)13(11)14(17)19/h4-6,8H,1-3,7,16H2,(H2,17,19)(H,18,20). The van der Waals surface area contributed by atoms with Crippen LogP contribution in [0.5, 0.6) is 0 Å². The second-order valence-corrected chi connectivity index (χ2v) is 5.31. The number of nitrogens with two attached hydrogens (primary N) is 2. The highest BCUT2D eigenvalue weighted by Crippen LogP contribution is 2.37. The van der Waals surface area contributed by atoms with Crippen LogP contribution in [0, 0.1) is 0 Å². The Bertz CT molecular complexity index is 745. The first kappa shape index (κ1) is 12.9. The molecule has 1 aliphatic rings. The highest BCUT2D eigenvalue weighted by Gasteiger charge is 2.21. The molecule has 104 valence electrons. The third-order valence-electron chi connectivity index (χ3n) is 4.17. The molecule has 1 saturated carbocycles. The first-order chi connectivity index (χ1) is 9.61. The van der Waals surface area contributed by atoms with Gasteiger partial charge in [0.05, 0.1) is 0 Å². The number of carbonyl (C=O) groups excluding carboxylic acids is 1. The Morgan fingerprint density at radius 1 is 1.35 bits per heavy atom. The van der Waals surface area contributed by atoms with Gasteiger partial charge in [0.2, 0.25) is 0 Å². The smallest absolute Gasteiger partial charge is 0.261 e. The molecule has 0 radical (unpaired) electrons. The van der Waals surface area contributed by atoms with Crippen molar-refractivity contribution in [1.82, 2.24) is 4.98 Å². The summed E-state index contributed by atoms with van der Waals surface area (Å²) in [5.41, 5.74) is 13.0. The minimum atomic E-state index is -0.739. The van der Waals surface area contributed by atoms with E-state index < -0.39 is 11.5 Å². The van der Waals surface area contributed by atoms with E-state index in [-0.39, 0.29) is 12.1 Å². The summed E-state index contributed by atoms with van der Waals surface area (Å²) in [5, 5.41) is 0.795. The predicted octanol–water partition coefficient (Wildman–Crippen LogP) is 1.35. The molecule has 5 heteroatoms. The molecule has 5 nitrogen and oxygen atoms in total. The molecular formula is C15H17N3O2. The Labute approximate surface area is 116 Å².